The molecule has 1 aromatic carbocycles. The van der Waals surface area contributed by atoms with Crippen molar-refractivity contribution in [3.63, 3.8) is 0 Å². The quantitative estimate of drug-likeness (QED) is 0.847. The van der Waals surface area contributed by atoms with Gasteiger partial charge in [0.05, 0.1) is 5.71 Å². The summed E-state index contributed by atoms with van der Waals surface area (Å²) in [5.41, 5.74) is 2.91. The summed E-state index contributed by atoms with van der Waals surface area (Å²) in [5, 5.41) is 4.26. The highest BCUT2D eigenvalue weighted by atomic mass is 19.1. The molecule has 2 heterocycles. The summed E-state index contributed by atoms with van der Waals surface area (Å²) in [6.45, 7) is 8.18. The Bertz CT molecular complexity index is 557. The second-order valence-corrected chi connectivity index (χ2v) is 5.90. The highest BCUT2D eigenvalue weighted by Gasteiger charge is 2.42. The third-order valence-corrected chi connectivity index (χ3v) is 4.55. The van der Waals surface area contributed by atoms with Crippen molar-refractivity contribution >= 4 is 5.71 Å². The maximum absolute atomic E-state index is 13.0. The van der Waals surface area contributed by atoms with Crippen molar-refractivity contribution in [3.8, 4) is 0 Å². The molecule has 0 amide bonds. The zero-order valence-corrected chi connectivity index (χ0v) is 12.4. The smallest absolute Gasteiger partial charge is 0.146 e. The third-order valence-electron chi connectivity index (χ3n) is 4.55. The van der Waals surface area contributed by atoms with Crippen molar-refractivity contribution in [1.29, 1.82) is 0 Å². The van der Waals surface area contributed by atoms with Gasteiger partial charge in [-0.25, -0.2) is 4.39 Å². The van der Waals surface area contributed by atoms with Crippen LogP contribution in [0, 0.1) is 5.82 Å². The van der Waals surface area contributed by atoms with Gasteiger partial charge in [0.1, 0.15) is 11.4 Å². The van der Waals surface area contributed by atoms with E-state index < -0.39 is 0 Å². The number of hydrogen-bond donors (Lipinski definition) is 0. The van der Waals surface area contributed by atoms with Crippen molar-refractivity contribution in [1.82, 2.24) is 4.90 Å². The van der Waals surface area contributed by atoms with E-state index in [1.165, 1.54) is 17.8 Å². The fraction of sp³-hybridized carbons (Fsp3) is 0.471. The minimum Gasteiger partial charge on any atom is -0.388 e. The number of rotatable bonds is 3. The maximum Gasteiger partial charge on any atom is 0.146 e. The van der Waals surface area contributed by atoms with Crippen LogP contribution in [-0.4, -0.2) is 29.3 Å². The molecule has 0 saturated carbocycles. The molecule has 0 N–H and O–H groups in total. The maximum atomic E-state index is 13.0. The molecule has 4 heteroatoms. The van der Waals surface area contributed by atoms with E-state index in [9.17, 15) is 4.39 Å². The topological polar surface area (TPSA) is 24.8 Å². The van der Waals surface area contributed by atoms with Crippen molar-refractivity contribution < 1.29 is 9.23 Å². The van der Waals surface area contributed by atoms with Gasteiger partial charge in [0, 0.05) is 38.0 Å². The Labute approximate surface area is 125 Å². The number of oxime groups is 1. The van der Waals surface area contributed by atoms with Gasteiger partial charge in [-0.3, -0.25) is 0 Å². The first-order chi connectivity index (χ1) is 10.1. The fourth-order valence-electron chi connectivity index (χ4n) is 3.04. The third kappa shape index (κ3) is 2.80. The normalized spacial score (nSPS) is 20.3. The highest BCUT2D eigenvalue weighted by Crippen LogP contribution is 2.37. The Balaban J connectivity index is 1.64. The number of nitrogens with zero attached hydrogens (tertiary/aromatic N) is 2. The Kier molecular flexibility index (Phi) is 3.70. The van der Waals surface area contributed by atoms with Crippen molar-refractivity contribution in [2.75, 3.05) is 13.1 Å². The molecule has 0 unspecified atom stereocenters. The number of halogens is 1. The van der Waals surface area contributed by atoms with Gasteiger partial charge in [-0.15, -0.1) is 0 Å². The Morgan fingerprint density at radius 3 is 2.62 bits per heavy atom. The first kappa shape index (κ1) is 14.1. The van der Waals surface area contributed by atoms with Crippen LogP contribution in [0.5, 0.6) is 0 Å². The van der Waals surface area contributed by atoms with Gasteiger partial charge < -0.3 is 9.74 Å². The van der Waals surface area contributed by atoms with Crippen molar-refractivity contribution in [2.45, 2.75) is 38.2 Å². The first-order valence-electron chi connectivity index (χ1n) is 7.56. The van der Waals surface area contributed by atoms with E-state index >= 15 is 0 Å². The van der Waals surface area contributed by atoms with E-state index in [4.69, 9.17) is 4.84 Å². The van der Waals surface area contributed by atoms with E-state index in [0.717, 1.165) is 50.0 Å². The lowest BCUT2D eigenvalue weighted by molar-refractivity contribution is -0.0569. The summed E-state index contributed by atoms with van der Waals surface area (Å²) in [4.78, 5) is 8.12. The zero-order valence-electron chi connectivity index (χ0n) is 12.4. The van der Waals surface area contributed by atoms with Gasteiger partial charge in [0.25, 0.3) is 0 Å². The Morgan fingerprint density at radius 1 is 1.33 bits per heavy atom. The molecule has 3 nitrogen and oxygen atoms in total. The number of allylic oxidation sites excluding steroid dienone is 1. The lowest BCUT2D eigenvalue weighted by Gasteiger charge is -2.39. The van der Waals surface area contributed by atoms with E-state index in [2.05, 4.69) is 23.6 Å². The monoisotopic (exact) mass is 288 g/mol. The molecule has 2 aliphatic rings. The van der Waals surface area contributed by atoms with Gasteiger partial charge in [-0.2, -0.15) is 0 Å². The molecule has 0 aliphatic carbocycles. The summed E-state index contributed by atoms with van der Waals surface area (Å²) in [6, 6.07) is 6.47. The van der Waals surface area contributed by atoms with E-state index in [0.29, 0.717) is 0 Å². The Morgan fingerprint density at radius 2 is 2.00 bits per heavy atom. The first-order valence-corrected chi connectivity index (χ1v) is 7.56. The minimum atomic E-state index is -0.223. The molecule has 2 aliphatic heterocycles. The summed E-state index contributed by atoms with van der Waals surface area (Å²) in [5.74, 6) is -0.223. The van der Waals surface area contributed by atoms with Crippen LogP contribution in [0.1, 0.15) is 38.2 Å². The second kappa shape index (κ2) is 5.51. The molecule has 1 fully saturated rings. The van der Waals surface area contributed by atoms with Crippen LogP contribution in [0.4, 0.5) is 4.39 Å². The summed E-state index contributed by atoms with van der Waals surface area (Å²) >= 11 is 0. The van der Waals surface area contributed by atoms with Crippen molar-refractivity contribution in [2.24, 2.45) is 5.16 Å². The largest absolute Gasteiger partial charge is 0.388 e. The molecular formula is C17H21FN2O. The highest BCUT2D eigenvalue weighted by molar-refractivity contribution is 6.01. The van der Waals surface area contributed by atoms with Crippen LogP contribution in [0.25, 0.3) is 0 Å². The molecule has 0 aromatic heterocycles. The van der Waals surface area contributed by atoms with Crippen molar-refractivity contribution in [3.05, 3.63) is 47.9 Å². The van der Waals surface area contributed by atoms with Gasteiger partial charge >= 0.3 is 0 Å². The minimum absolute atomic E-state index is 0.172. The SMILES string of the molecule is C=C(CC)N1CCC2(CC1)CC(c1ccc(F)cc1)=NO2. The van der Waals surface area contributed by atoms with Gasteiger partial charge in [-0.05, 0) is 24.1 Å². The number of likely N-dealkylation sites (tertiary alicyclic amines) is 1. The molecular weight excluding hydrogens is 267 g/mol. The van der Waals surface area contributed by atoms with E-state index in [1.54, 1.807) is 12.1 Å². The lowest BCUT2D eigenvalue weighted by Crippen LogP contribution is -2.43. The fourth-order valence-corrected chi connectivity index (χ4v) is 3.04. The molecule has 0 bridgehead atoms. The molecule has 3 rings (SSSR count). The van der Waals surface area contributed by atoms with E-state index in [-0.39, 0.29) is 11.4 Å². The van der Waals surface area contributed by atoms with Crippen LogP contribution in [0.15, 0.2) is 41.7 Å². The van der Waals surface area contributed by atoms with Gasteiger partial charge in [-0.1, -0.05) is 30.8 Å². The lowest BCUT2D eigenvalue weighted by atomic mass is 9.85. The van der Waals surface area contributed by atoms with Crippen LogP contribution >= 0.6 is 0 Å². The average molecular weight is 288 g/mol. The molecule has 0 atom stereocenters. The predicted molar refractivity (Wildman–Crippen MR) is 81.6 cm³/mol. The molecule has 21 heavy (non-hydrogen) atoms. The number of piperidine rings is 1. The number of hydrogen-bond acceptors (Lipinski definition) is 3. The van der Waals surface area contributed by atoms with E-state index in [1.807, 2.05) is 0 Å². The predicted octanol–water partition coefficient (Wildman–Crippen LogP) is 3.71. The van der Waals surface area contributed by atoms with Crippen LogP contribution in [0.2, 0.25) is 0 Å². The molecule has 1 aromatic rings. The van der Waals surface area contributed by atoms with Gasteiger partial charge in [0.2, 0.25) is 0 Å². The summed E-state index contributed by atoms with van der Waals surface area (Å²) in [7, 11) is 0. The summed E-state index contributed by atoms with van der Waals surface area (Å²) < 4.78 is 13.0. The van der Waals surface area contributed by atoms with Crippen LogP contribution in [0.3, 0.4) is 0 Å². The summed E-state index contributed by atoms with van der Waals surface area (Å²) in [6.07, 6.45) is 3.72. The molecule has 1 saturated heterocycles. The van der Waals surface area contributed by atoms with Gasteiger partial charge in [0.15, 0.2) is 0 Å². The second-order valence-electron chi connectivity index (χ2n) is 5.90. The molecule has 112 valence electrons. The van der Waals surface area contributed by atoms with Crippen LogP contribution in [-0.2, 0) is 4.84 Å². The Hall–Kier alpha value is -1.84. The average Bonchev–Trinajstić information content (AvgIpc) is 2.92. The van der Waals surface area contributed by atoms with Crippen LogP contribution < -0.4 is 0 Å². The standard InChI is InChI=1S/C17H21FN2O/c1-3-13(2)20-10-8-17(9-11-20)12-16(19-21-17)14-4-6-15(18)7-5-14/h4-7H,2-3,8-12H2,1H3. The molecule has 0 radical (unpaired) electrons. The number of benzene rings is 1. The molecule has 1 spiro atoms. The zero-order chi connectivity index (χ0) is 14.9.